The van der Waals surface area contributed by atoms with Crippen molar-refractivity contribution in [2.24, 2.45) is 0 Å². The lowest BCUT2D eigenvalue weighted by atomic mass is 9.67. The molecule has 1 aliphatic carbocycles. The van der Waals surface area contributed by atoms with Gasteiger partial charge in [0.15, 0.2) is 5.82 Å². The lowest BCUT2D eigenvalue weighted by Gasteiger charge is -2.34. The van der Waals surface area contributed by atoms with E-state index in [9.17, 15) is 5.26 Å². The van der Waals surface area contributed by atoms with Crippen molar-refractivity contribution < 1.29 is 0 Å². The van der Waals surface area contributed by atoms with Gasteiger partial charge in [-0.15, -0.1) is 0 Å². The average Bonchev–Trinajstić information content (AvgIpc) is 3.67. The number of nitriles is 1. The summed E-state index contributed by atoms with van der Waals surface area (Å²) < 4.78 is 0. The molecule has 0 N–H and O–H groups in total. The summed E-state index contributed by atoms with van der Waals surface area (Å²) in [6.45, 7) is 0. The Bertz CT molecular complexity index is 3210. The van der Waals surface area contributed by atoms with E-state index in [2.05, 4.69) is 175 Å². The van der Waals surface area contributed by atoms with Gasteiger partial charge in [-0.05, 0) is 110 Å². The maximum atomic E-state index is 10.2. The number of aromatic nitrogens is 3. The van der Waals surface area contributed by atoms with Crippen molar-refractivity contribution >= 4 is 0 Å². The van der Waals surface area contributed by atoms with Crippen molar-refractivity contribution in [3.05, 3.63) is 258 Å². The zero-order valence-electron chi connectivity index (χ0n) is 34.2. The van der Waals surface area contributed by atoms with Gasteiger partial charge in [-0.3, -0.25) is 4.98 Å². The van der Waals surface area contributed by atoms with Gasteiger partial charge in [0.2, 0.25) is 0 Å². The molecule has 0 saturated heterocycles. The molecule has 4 heteroatoms. The second-order valence-electron chi connectivity index (χ2n) is 15.9. The van der Waals surface area contributed by atoms with Crippen molar-refractivity contribution in [1.82, 2.24) is 15.0 Å². The molecule has 0 radical (unpaired) electrons. The highest BCUT2D eigenvalue weighted by molar-refractivity contribution is 5.90. The third-order valence-electron chi connectivity index (χ3n) is 12.2. The Kier molecular flexibility index (Phi) is 9.41. The summed E-state index contributed by atoms with van der Waals surface area (Å²) in [4.78, 5) is 15.0. The van der Waals surface area contributed by atoms with E-state index < -0.39 is 5.41 Å². The number of benzene rings is 8. The Morgan fingerprint density at radius 3 is 1.46 bits per heavy atom. The molecule has 0 saturated carbocycles. The highest BCUT2D eigenvalue weighted by Gasteiger charge is 2.46. The van der Waals surface area contributed by atoms with Gasteiger partial charge in [-0.2, -0.15) is 5.26 Å². The molecule has 0 amide bonds. The lowest BCUT2D eigenvalue weighted by Crippen LogP contribution is -2.28. The van der Waals surface area contributed by atoms with Gasteiger partial charge in [0, 0.05) is 28.5 Å². The molecule has 10 aromatic rings. The molecular weight excluding hydrogens is 765 g/mol. The Hall–Kier alpha value is -8.52. The zero-order valence-corrected chi connectivity index (χ0v) is 34.2. The van der Waals surface area contributed by atoms with Gasteiger partial charge in [-0.1, -0.05) is 170 Å². The second-order valence-corrected chi connectivity index (χ2v) is 15.9. The number of hydrogen-bond acceptors (Lipinski definition) is 4. The van der Waals surface area contributed by atoms with Crippen LogP contribution < -0.4 is 0 Å². The van der Waals surface area contributed by atoms with Crippen LogP contribution in [0.5, 0.6) is 0 Å². The van der Waals surface area contributed by atoms with E-state index in [1.807, 2.05) is 66.9 Å². The van der Waals surface area contributed by atoms with Crippen LogP contribution in [0.1, 0.15) is 27.8 Å². The minimum Gasteiger partial charge on any atom is -0.256 e. The summed E-state index contributed by atoms with van der Waals surface area (Å²) in [5.41, 5.74) is 17.8. The molecule has 294 valence electrons. The first-order valence-electron chi connectivity index (χ1n) is 21.1. The van der Waals surface area contributed by atoms with E-state index in [1.54, 1.807) is 0 Å². The Labute approximate surface area is 367 Å². The number of pyridine rings is 1. The van der Waals surface area contributed by atoms with Crippen LogP contribution in [-0.4, -0.2) is 15.0 Å². The molecule has 0 unspecified atom stereocenters. The molecule has 0 aliphatic heterocycles. The minimum atomic E-state index is -0.667. The lowest BCUT2D eigenvalue weighted by molar-refractivity contribution is 0.768. The standard InChI is InChI=1S/C59H38N4/c60-39-40-24-30-51-52-31-29-45(37-54(52)59(53(51)33-40,49-19-9-3-10-20-49)50-21-11-4-12-22-50)47-34-46(41-25-27-43(28-26-41)55-23-13-14-32-61-55)35-48(36-47)57-38-56(42-15-5-1-6-16-42)62-58(63-57)44-17-7-2-8-18-44/h1-38H. The van der Waals surface area contributed by atoms with Crippen molar-refractivity contribution in [1.29, 1.82) is 5.26 Å². The highest BCUT2D eigenvalue weighted by atomic mass is 14.9. The van der Waals surface area contributed by atoms with Crippen LogP contribution in [-0.2, 0) is 5.41 Å². The molecular formula is C59H38N4. The van der Waals surface area contributed by atoms with Crippen LogP contribution in [0.25, 0.3) is 78.5 Å². The fourth-order valence-electron chi connectivity index (χ4n) is 9.28. The van der Waals surface area contributed by atoms with E-state index in [0.29, 0.717) is 11.4 Å². The molecule has 11 rings (SSSR count). The summed E-state index contributed by atoms with van der Waals surface area (Å²) in [7, 11) is 0. The van der Waals surface area contributed by atoms with Crippen LogP contribution in [0.15, 0.2) is 231 Å². The van der Waals surface area contributed by atoms with Gasteiger partial charge in [0.05, 0.1) is 34.1 Å². The van der Waals surface area contributed by atoms with Crippen molar-refractivity contribution in [3.63, 3.8) is 0 Å². The molecule has 0 fully saturated rings. The summed E-state index contributed by atoms with van der Waals surface area (Å²) in [5.74, 6) is 0.668. The van der Waals surface area contributed by atoms with Gasteiger partial charge in [0.1, 0.15) is 0 Å². The fraction of sp³-hybridized carbons (Fsp3) is 0.0169. The number of rotatable bonds is 8. The largest absolute Gasteiger partial charge is 0.256 e. The van der Waals surface area contributed by atoms with Crippen LogP contribution >= 0.6 is 0 Å². The highest BCUT2D eigenvalue weighted by Crippen LogP contribution is 2.57. The van der Waals surface area contributed by atoms with E-state index in [1.165, 1.54) is 5.56 Å². The number of fused-ring (bicyclic) bond motifs is 3. The van der Waals surface area contributed by atoms with E-state index in [4.69, 9.17) is 9.97 Å². The van der Waals surface area contributed by atoms with Gasteiger partial charge >= 0.3 is 0 Å². The number of nitrogens with zero attached hydrogens (tertiary/aromatic N) is 4. The Morgan fingerprint density at radius 2 is 0.841 bits per heavy atom. The summed E-state index contributed by atoms with van der Waals surface area (Å²) in [6.07, 6.45) is 1.83. The van der Waals surface area contributed by atoms with Crippen LogP contribution in [0, 0.1) is 11.3 Å². The van der Waals surface area contributed by atoms with Crippen LogP contribution in [0.4, 0.5) is 0 Å². The van der Waals surface area contributed by atoms with Crippen molar-refractivity contribution in [2.75, 3.05) is 0 Å². The minimum absolute atomic E-state index is 0.638. The van der Waals surface area contributed by atoms with Gasteiger partial charge in [-0.25, -0.2) is 9.97 Å². The molecule has 1 aliphatic rings. The molecule has 2 heterocycles. The molecule has 4 nitrogen and oxygen atoms in total. The first-order valence-corrected chi connectivity index (χ1v) is 21.1. The third kappa shape index (κ3) is 6.70. The van der Waals surface area contributed by atoms with Crippen LogP contribution in [0.2, 0.25) is 0 Å². The smallest absolute Gasteiger partial charge is 0.160 e. The summed E-state index contributed by atoms with van der Waals surface area (Å²) >= 11 is 0. The number of hydrogen-bond donors (Lipinski definition) is 0. The van der Waals surface area contributed by atoms with Gasteiger partial charge in [0.25, 0.3) is 0 Å². The maximum Gasteiger partial charge on any atom is 0.160 e. The van der Waals surface area contributed by atoms with E-state index in [0.717, 1.165) is 89.4 Å². The van der Waals surface area contributed by atoms with Crippen molar-refractivity contribution in [2.45, 2.75) is 5.41 Å². The van der Waals surface area contributed by atoms with Crippen LogP contribution in [0.3, 0.4) is 0 Å². The Morgan fingerprint density at radius 1 is 0.349 bits per heavy atom. The van der Waals surface area contributed by atoms with E-state index >= 15 is 0 Å². The average molecular weight is 803 g/mol. The van der Waals surface area contributed by atoms with Crippen molar-refractivity contribution in [3.8, 4) is 84.6 Å². The SMILES string of the molecule is N#Cc1ccc2c(c1)C(c1ccccc1)(c1ccccc1)c1cc(-c3cc(-c4ccc(-c5ccccn5)cc4)cc(-c4cc(-c5ccccc5)nc(-c5ccccc5)n4)c3)ccc1-2. The quantitative estimate of drug-likeness (QED) is 0.153. The molecule has 8 aromatic carbocycles. The summed E-state index contributed by atoms with van der Waals surface area (Å²) in [5, 5.41) is 10.2. The third-order valence-corrected chi connectivity index (χ3v) is 12.2. The second kappa shape index (κ2) is 15.8. The molecule has 0 bridgehead atoms. The molecule has 0 atom stereocenters. The maximum absolute atomic E-state index is 10.2. The Balaban J connectivity index is 1.15. The molecule has 0 spiro atoms. The van der Waals surface area contributed by atoms with Gasteiger partial charge < -0.3 is 0 Å². The first-order chi connectivity index (χ1) is 31.2. The fourth-order valence-corrected chi connectivity index (χ4v) is 9.28. The topological polar surface area (TPSA) is 62.5 Å². The zero-order chi connectivity index (χ0) is 42.2. The monoisotopic (exact) mass is 802 g/mol. The predicted molar refractivity (Wildman–Crippen MR) is 254 cm³/mol. The molecule has 2 aromatic heterocycles. The first kappa shape index (κ1) is 37.5. The van der Waals surface area contributed by atoms with E-state index in [-0.39, 0.29) is 0 Å². The summed E-state index contributed by atoms with van der Waals surface area (Å²) in [6, 6.07) is 81.0. The predicted octanol–water partition coefficient (Wildman–Crippen LogP) is 14.1. The molecule has 63 heavy (non-hydrogen) atoms. The normalized spacial score (nSPS) is 12.2.